The first-order valence-corrected chi connectivity index (χ1v) is 11.9. The van der Waals surface area contributed by atoms with E-state index >= 15 is 0 Å². The van der Waals surface area contributed by atoms with Crippen molar-refractivity contribution in [2.24, 2.45) is 5.92 Å². The number of piperazine rings is 1. The van der Waals surface area contributed by atoms with Crippen LogP contribution in [0, 0.1) is 5.92 Å². The number of nitrogens with zero attached hydrogens (tertiary/aromatic N) is 4. The van der Waals surface area contributed by atoms with Gasteiger partial charge in [-0.2, -0.15) is 5.10 Å². The first-order valence-electron chi connectivity index (χ1n) is 10.1. The van der Waals surface area contributed by atoms with Gasteiger partial charge in [-0.05, 0) is 33.1 Å². The molecule has 1 atom stereocenters. The van der Waals surface area contributed by atoms with Crippen LogP contribution in [0.25, 0.3) is 0 Å². The minimum Gasteiger partial charge on any atom is -0.355 e. The van der Waals surface area contributed by atoms with Crippen LogP contribution in [-0.2, 0) is 26.7 Å². The van der Waals surface area contributed by atoms with Crippen LogP contribution in [0.2, 0.25) is 0 Å². The molecule has 28 heavy (non-hydrogen) atoms. The predicted molar refractivity (Wildman–Crippen MR) is 109 cm³/mol. The predicted octanol–water partition coefficient (Wildman–Crippen LogP) is 0.307. The van der Waals surface area contributed by atoms with E-state index in [2.05, 4.69) is 47.2 Å². The standard InChI is InChI=1S/C19H33N5O3S/c1-19(2,3)24-13-17(11-21-24)12-22-5-7-23(8-6-22)14-18(25)20-10-16-4-9-28(26,27)15-16/h11,13,16H,4-10,12,14-15H2,1-3H3,(H,20,25). The van der Waals surface area contributed by atoms with Crippen LogP contribution in [0.1, 0.15) is 32.8 Å². The molecule has 2 saturated heterocycles. The first-order chi connectivity index (χ1) is 13.1. The zero-order chi connectivity index (χ0) is 20.4. The fourth-order valence-corrected chi connectivity index (χ4v) is 5.58. The number of sulfone groups is 1. The highest BCUT2D eigenvalue weighted by Crippen LogP contribution is 2.17. The highest BCUT2D eigenvalue weighted by Gasteiger charge is 2.28. The van der Waals surface area contributed by atoms with Gasteiger partial charge in [0.15, 0.2) is 9.84 Å². The molecule has 0 spiro atoms. The van der Waals surface area contributed by atoms with E-state index in [1.54, 1.807) is 0 Å². The van der Waals surface area contributed by atoms with E-state index < -0.39 is 9.84 Å². The summed E-state index contributed by atoms with van der Waals surface area (Å²) >= 11 is 0. The molecule has 0 saturated carbocycles. The van der Waals surface area contributed by atoms with E-state index in [0.717, 1.165) is 32.7 Å². The van der Waals surface area contributed by atoms with Gasteiger partial charge in [0.25, 0.3) is 0 Å². The molecule has 1 aromatic heterocycles. The number of amides is 1. The second-order valence-electron chi connectivity index (χ2n) is 9.09. The first kappa shape index (κ1) is 21.3. The molecule has 2 aliphatic heterocycles. The molecular formula is C19H33N5O3S. The van der Waals surface area contributed by atoms with Gasteiger partial charge in [0.05, 0.1) is 29.8 Å². The highest BCUT2D eigenvalue weighted by atomic mass is 32.2. The van der Waals surface area contributed by atoms with Crippen LogP contribution in [-0.4, -0.2) is 84.7 Å². The summed E-state index contributed by atoms with van der Waals surface area (Å²) in [6, 6.07) is 0. The summed E-state index contributed by atoms with van der Waals surface area (Å²) in [6.45, 7) is 11.7. The number of nitrogens with one attached hydrogen (secondary N) is 1. The van der Waals surface area contributed by atoms with E-state index in [1.807, 2.05) is 10.9 Å². The Balaban J connectivity index is 1.36. The van der Waals surface area contributed by atoms with Gasteiger partial charge in [0.1, 0.15) is 0 Å². The number of rotatable bonds is 6. The van der Waals surface area contributed by atoms with Gasteiger partial charge < -0.3 is 5.32 Å². The lowest BCUT2D eigenvalue weighted by atomic mass is 10.1. The van der Waals surface area contributed by atoms with Crippen LogP contribution in [0.3, 0.4) is 0 Å². The van der Waals surface area contributed by atoms with E-state index in [4.69, 9.17) is 0 Å². The molecule has 0 bridgehead atoms. The lowest BCUT2D eigenvalue weighted by Gasteiger charge is -2.34. The molecule has 1 aromatic rings. The van der Waals surface area contributed by atoms with Crippen molar-refractivity contribution in [2.75, 3.05) is 50.8 Å². The van der Waals surface area contributed by atoms with Crippen molar-refractivity contribution in [1.82, 2.24) is 24.9 Å². The molecular weight excluding hydrogens is 378 g/mol. The number of carbonyl (C=O) groups is 1. The van der Waals surface area contributed by atoms with Crippen molar-refractivity contribution in [2.45, 2.75) is 39.3 Å². The minimum absolute atomic E-state index is 0.00695. The van der Waals surface area contributed by atoms with E-state index in [1.165, 1.54) is 5.56 Å². The second-order valence-corrected chi connectivity index (χ2v) is 11.3. The van der Waals surface area contributed by atoms with Crippen molar-refractivity contribution in [1.29, 1.82) is 0 Å². The molecule has 3 rings (SSSR count). The lowest BCUT2D eigenvalue weighted by molar-refractivity contribution is -0.122. The Hall–Kier alpha value is -1.45. The van der Waals surface area contributed by atoms with Gasteiger partial charge in [0, 0.05) is 51.0 Å². The van der Waals surface area contributed by atoms with Crippen LogP contribution in [0.15, 0.2) is 12.4 Å². The number of aromatic nitrogens is 2. The number of carbonyl (C=O) groups excluding carboxylic acids is 1. The van der Waals surface area contributed by atoms with Gasteiger partial charge in [-0.15, -0.1) is 0 Å². The van der Waals surface area contributed by atoms with Gasteiger partial charge in [-0.25, -0.2) is 8.42 Å². The van der Waals surface area contributed by atoms with Crippen molar-refractivity contribution >= 4 is 15.7 Å². The monoisotopic (exact) mass is 411 g/mol. The fraction of sp³-hybridized carbons (Fsp3) is 0.789. The smallest absolute Gasteiger partial charge is 0.234 e. The zero-order valence-electron chi connectivity index (χ0n) is 17.2. The topological polar surface area (TPSA) is 87.5 Å². The molecule has 158 valence electrons. The van der Waals surface area contributed by atoms with E-state index in [0.29, 0.717) is 19.5 Å². The van der Waals surface area contributed by atoms with E-state index in [-0.39, 0.29) is 28.9 Å². The average molecular weight is 412 g/mol. The summed E-state index contributed by atoms with van der Waals surface area (Å²) < 4.78 is 25.0. The Morgan fingerprint density at radius 2 is 1.89 bits per heavy atom. The van der Waals surface area contributed by atoms with Crippen LogP contribution in [0.4, 0.5) is 0 Å². The largest absolute Gasteiger partial charge is 0.355 e. The van der Waals surface area contributed by atoms with Crippen LogP contribution in [0.5, 0.6) is 0 Å². The number of hydrogen-bond acceptors (Lipinski definition) is 6. The molecule has 1 N–H and O–H groups in total. The summed E-state index contributed by atoms with van der Waals surface area (Å²) in [7, 11) is -2.88. The Bertz CT molecular complexity index is 776. The molecule has 8 nitrogen and oxygen atoms in total. The second kappa shape index (κ2) is 8.51. The zero-order valence-corrected chi connectivity index (χ0v) is 18.0. The quantitative estimate of drug-likeness (QED) is 0.725. The third kappa shape index (κ3) is 6.02. The molecule has 2 fully saturated rings. The molecule has 1 unspecified atom stereocenters. The van der Waals surface area contributed by atoms with Crippen LogP contribution < -0.4 is 5.32 Å². The van der Waals surface area contributed by atoms with Gasteiger partial charge in [0.2, 0.25) is 5.91 Å². The lowest BCUT2D eigenvalue weighted by Crippen LogP contribution is -2.49. The van der Waals surface area contributed by atoms with Crippen LogP contribution >= 0.6 is 0 Å². The fourth-order valence-electron chi connectivity index (χ4n) is 3.72. The molecule has 2 aliphatic rings. The van der Waals surface area contributed by atoms with E-state index in [9.17, 15) is 13.2 Å². The summed E-state index contributed by atoms with van der Waals surface area (Å²) in [4.78, 5) is 16.7. The molecule has 0 aromatic carbocycles. The van der Waals surface area contributed by atoms with Gasteiger partial charge in [-0.3, -0.25) is 19.3 Å². The van der Waals surface area contributed by atoms with Gasteiger partial charge >= 0.3 is 0 Å². The normalized spacial score (nSPS) is 23.8. The Morgan fingerprint density at radius 1 is 1.21 bits per heavy atom. The Kier molecular flexibility index (Phi) is 6.46. The summed E-state index contributed by atoms with van der Waals surface area (Å²) in [5, 5.41) is 7.37. The minimum atomic E-state index is -2.88. The molecule has 0 radical (unpaired) electrons. The summed E-state index contributed by atoms with van der Waals surface area (Å²) in [6.07, 6.45) is 4.71. The molecule has 3 heterocycles. The Morgan fingerprint density at radius 3 is 2.46 bits per heavy atom. The summed E-state index contributed by atoms with van der Waals surface area (Å²) in [5.74, 6) is 0.519. The maximum atomic E-state index is 12.2. The third-order valence-electron chi connectivity index (χ3n) is 5.48. The summed E-state index contributed by atoms with van der Waals surface area (Å²) in [5.41, 5.74) is 1.21. The highest BCUT2D eigenvalue weighted by molar-refractivity contribution is 7.91. The van der Waals surface area contributed by atoms with Gasteiger partial charge in [-0.1, -0.05) is 0 Å². The average Bonchev–Trinajstić information content (AvgIpc) is 3.21. The molecule has 0 aliphatic carbocycles. The Labute approximate surface area is 168 Å². The maximum absolute atomic E-state index is 12.2. The van der Waals surface area contributed by atoms with Crippen molar-refractivity contribution < 1.29 is 13.2 Å². The van der Waals surface area contributed by atoms with Crippen molar-refractivity contribution in [3.8, 4) is 0 Å². The van der Waals surface area contributed by atoms with Crippen molar-refractivity contribution in [3.63, 3.8) is 0 Å². The third-order valence-corrected chi connectivity index (χ3v) is 7.31. The maximum Gasteiger partial charge on any atom is 0.234 e. The SMILES string of the molecule is CC(C)(C)n1cc(CN2CCN(CC(=O)NCC3CCS(=O)(=O)C3)CC2)cn1. The molecule has 1 amide bonds. The molecule has 9 heteroatoms. The van der Waals surface area contributed by atoms with Crippen molar-refractivity contribution in [3.05, 3.63) is 18.0 Å². The number of hydrogen-bond donors (Lipinski definition) is 1.